The van der Waals surface area contributed by atoms with Gasteiger partial charge >= 0.3 is 12.0 Å². The molecule has 0 bridgehead atoms. The van der Waals surface area contributed by atoms with Crippen LogP contribution in [0.25, 0.3) is 0 Å². The molecule has 6 heteroatoms. The number of anilines is 1. The summed E-state index contributed by atoms with van der Waals surface area (Å²) >= 11 is 0. The van der Waals surface area contributed by atoms with Gasteiger partial charge in [0, 0.05) is 12.2 Å². The maximum absolute atomic E-state index is 13.2. The first-order valence-electron chi connectivity index (χ1n) is 6.33. The Labute approximate surface area is 117 Å². The van der Waals surface area contributed by atoms with Crippen molar-refractivity contribution in [2.45, 2.75) is 20.8 Å². The molecule has 0 aliphatic rings. The van der Waals surface area contributed by atoms with E-state index in [1.54, 1.807) is 13.0 Å². The third-order valence-corrected chi connectivity index (χ3v) is 2.64. The van der Waals surface area contributed by atoms with Crippen LogP contribution in [0.4, 0.5) is 14.9 Å². The van der Waals surface area contributed by atoms with Crippen molar-refractivity contribution in [3.05, 3.63) is 29.6 Å². The van der Waals surface area contributed by atoms with Crippen molar-refractivity contribution in [1.29, 1.82) is 0 Å². The number of carboxylic acids is 1. The van der Waals surface area contributed by atoms with Crippen LogP contribution < -0.4 is 5.32 Å². The van der Waals surface area contributed by atoms with Crippen molar-refractivity contribution in [1.82, 2.24) is 4.90 Å². The maximum Gasteiger partial charge on any atom is 0.323 e. The summed E-state index contributed by atoms with van der Waals surface area (Å²) < 4.78 is 13.2. The molecule has 1 rings (SSSR count). The van der Waals surface area contributed by atoms with E-state index >= 15 is 0 Å². The first-order chi connectivity index (χ1) is 9.29. The largest absolute Gasteiger partial charge is 0.480 e. The number of hydrogen-bond acceptors (Lipinski definition) is 2. The van der Waals surface area contributed by atoms with Crippen molar-refractivity contribution < 1.29 is 19.1 Å². The molecule has 0 atom stereocenters. The molecule has 5 nitrogen and oxygen atoms in total. The second-order valence-electron chi connectivity index (χ2n) is 5.06. The van der Waals surface area contributed by atoms with Crippen molar-refractivity contribution in [2.75, 3.05) is 18.4 Å². The summed E-state index contributed by atoms with van der Waals surface area (Å²) in [4.78, 5) is 24.1. The van der Waals surface area contributed by atoms with Gasteiger partial charge in [0.15, 0.2) is 0 Å². The van der Waals surface area contributed by atoms with E-state index in [1.165, 1.54) is 17.0 Å². The lowest BCUT2D eigenvalue weighted by Crippen LogP contribution is -2.41. The van der Waals surface area contributed by atoms with Gasteiger partial charge in [-0.15, -0.1) is 0 Å². The molecule has 110 valence electrons. The van der Waals surface area contributed by atoms with Crippen LogP contribution in [0, 0.1) is 18.7 Å². The molecule has 0 fully saturated rings. The molecule has 0 aliphatic heterocycles. The number of amides is 2. The molecule has 2 amide bonds. The number of carboxylic acid groups (broad SMARTS) is 1. The number of urea groups is 1. The zero-order valence-electron chi connectivity index (χ0n) is 11.8. The van der Waals surface area contributed by atoms with Crippen molar-refractivity contribution in [2.24, 2.45) is 5.92 Å². The van der Waals surface area contributed by atoms with E-state index in [2.05, 4.69) is 5.32 Å². The lowest BCUT2D eigenvalue weighted by molar-refractivity contribution is -0.137. The minimum Gasteiger partial charge on any atom is -0.480 e. The molecule has 20 heavy (non-hydrogen) atoms. The maximum atomic E-state index is 13.2. The van der Waals surface area contributed by atoms with E-state index in [4.69, 9.17) is 5.11 Å². The summed E-state index contributed by atoms with van der Waals surface area (Å²) in [5.41, 5.74) is 1.05. The van der Waals surface area contributed by atoms with Crippen molar-refractivity contribution in [3.63, 3.8) is 0 Å². The normalized spacial score (nSPS) is 10.4. The van der Waals surface area contributed by atoms with E-state index < -0.39 is 24.4 Å². The molecular weight excluding hydrogens is 263 g/mol. The van der Waals surface area contributed by atoms with Crippen LogP contribution in [0.1, 0.15) is 19.4 Å². The van der Waals surface area contributed by atoms with E-state index in [0.717, 1.165) is 0 Å². The SMILES string of the molecule is Cc1ccc(F)cc1NC(=O)N(CC(=O)O)CC(C)C. The average Bonchev–Trinajstić information content (AvgIpc) is 2.31. The smallest absolute Gasteiger partial charge is 0.323 e. The number of nitrogens with one attached hydrogen (secondary N) is 1. The molecule has 0 saturated carbocycles. The predicted octanol–water partition coefficient (Wildman–Crippen LogP) is 2.71. The Morgan fingerprint density at radius 1 is 1.40 bits per heavy atom. The third kappa shape index (κ3) is 4.87. The Morgan fingerprint density at radius 3 is 2.60 bits per heavy atom. The highest BCUT2D eigenvalue weighted by Crippen LogP contribution is 2.16. The second kappa shape index (κ2) is 6.88. The molecule has 0 unspecified atom stereocenters. The third-order valence-electron chi connectivity index (χ3n) is 2.64. The lowest BCUT2D eigenvalue weighted by atomic mass is 10.2. The van der Waals surface area contributed by atoms with Gasteiger partial charge in [-0.3, -0.25) is 4.79 Å². The minimum atomic E-state index is -1.09. The molecule has 0 aliphatic carbocycles. The Balaban J connectivity index is 2.84. The monoisotopic (exact) mass is 282 g/mol. The zero-order chi connectivity index (χ0) is 15.3. The van der Waals surface area contributed by atoms with Gasteiger partial charge in [-0.1, -0.05) is 19.9 Å². The number of carbonyl (C=O) groups is 2. The van der Waals surface area contributed by atoms with Gasteiger partial charge in [-0.25, -0.2) is 9.18 Å². The highest BCUT2D eigenvalue weighted by molar-refractivity contribution is 5.92. The Kier molecular flexibility index (Phi) is 5.49. The first kappa shape index (κ1) is 15.9. The van der Waals surface area contributed by atoms with Gasteiger partial charge in [-0.05, 0) is 30.5 Å². The summed E-state index contributed by atoms with van der Waals surface area (Å²) in [6, 6.07) is 3.51. The number of halogens is 1. The number of carbonyl (C=O) groups excluding carboxylic acids is 1. The summed E-state index contributed by atoms with van der Waals surface area (Å²) in [5, 5.41) is 11.4. The van der Waals surface area contributed by atoms with E-state index in [9.17, 15) is 14.0 Å². The summed E-state index contributed by atoms with van der Waals surface area (Å²) in [7, 11) is 0. The van der Waals surface area contributed by atoms with Crippen LogP contribution in [0.15, 0.2) is 18.2 Å². The molecule has 0 aromatic heterocycles. The summed E-state index contributed by atoms with van der Waals surface area (Å²) in [6.45, 7) is 5.43. The number of benzene rings is 1. The van der Waals surface area contributed by atoms with Crippen LogP contribution in [0.5, 0.6) is 0 Å². The Hall–Kier alpha value is -2.11. The lowest BCUT2D eigenvalue weighted by Gasteiger charge is -2.23. The number of rotatable bonds is 5. The summed E-state index contributed by atoms with van der Waals surface area (Å²) in [6.07, 6.45) is 0. The molecule has 2 N–H and O–H groups in total. The second-order valence-corrected chi connectivity index (χ2v) is 5.06. The fourth-order valence-corrected chi connectivity index (χ4v) is 1.75. The van der Waals surface area contributed by atoms with E-state index in [0.29, 0.717) is 17.8 Å². The molecule has 0 heterocycles. The first-order valence-corrected chi connectivity index (χ1v) is 6.33. The van der Waals surface area contributed by atoms with Crippen LogP contribution in [0.2, 0.25) is 0 Å². The zero-order valence-corrected chi connectivity index (χ0v) is 11.8. The van der Waals surface area contributed by atoms with Crippen LogP contribution >= 0.6 is 0 Å². The van der Waals surface area contributed by atoms with Gasteiger partial charge in [0.05, 0.1) is 0 Å². The van der Waals surface area contributed by atoms with Gasteiger partial charge in [0.1, 0.15) is 12.4 Å². The minimum absolute atomic E-state index is 0.133. The molecule has 1 aromatic rings. The highest BCUT2D eigenvalue weighted by atomic mass is 19.1. The highest BCUT2D eigenvalue weighted by Gasteiger charge is 2.18. The molecule has 1 aromatic carbocycles. The van der Waals surface area contributed by atoms with Gasteiger partial charge < -0.3 is 15.3 Å². The fourth-order valence-electron chi connectivity index (χ4n) is 1.75. The standard InChI is InChI=1S/C14H19FN2O3/c1-9(2)7-17(8-13(18)19)14(20)16-12-6-11(15)5-4-10(12)3/h4-6,9H,7-8H2,1-3H3,(H,16,20)(H,18,19). The number of aliphatic carboxylic acids is 1. The van der Waals surface area contributed by atoms with Crippen LogP contribution in [-0.4, -0.2) is 35.1 Å². The average molecular weight is 282 g/mol. The Morgan fingerprint density at radius 2 is 2.05 bits per heavy atom. The van der Waals surface area contributed by atoms with Gasteiger partial charge in [0.25, 0.3) is 0 Å². The fraction of sp³-hybridized carbons (Fsp3) is 0.429. The molecular formula is C14H19FN2O3. The number of aryl methyl sites for hydroxylation is 1. The van der Waals surface area contributed by atoms with E-state index in [1.807, 2.05) is 13.8 Å². The van der Waals surface area contributed by atoms with E-state index in [-0.39, 0.29) is 5.92 Å². The quantitative estimate of drug-likeness (QED) is 0.872. The molecule has 0 spiro atoms. The molecule has 0 radical (unpaired) electrons. The van der Waals surface area contributed by atoms with Crippen LogP contribution in [-0.2, 0) is 4.79 Å². The molecule has 0 saturated heterocycles. The number of hydrogen-bond donors (Lipinski definition) is 2. The van der Waals surface area contributed by atoms with Crippen LogP contribution in [0.3, 0.4) is 0 Å². The predicted molar refractivity (Wildman–Crippen MR) is 74.2 cm³/mol. The van der Waals surface area contributed by atoms with Crippen molar-refractivity contribution in [3.8, 4) is 0 Å². The van der Waals surface area contributed by atoms with Crippen molar-refractivity contribution >= 4 is 17.7 Å². The number of nitrogens with zero attached hydrogens (tertiary/aromatic N) is 1. The van der Waals surface area contributed by atoms with Gasteiger partial charge in [-0.2, -0.15) is 0 Å². The Bertz CT molecular complexity index is 503. The topological polar surface area (TPSA) is 69.6 Å². The summed E-state index contributed by atoms with van der Waals surface area (Å²) in [5.74, 6) is -1.41. The van der Waals surface area contributed by atoms with Gasteiger partial charge in [0.2, 0.25) is 0 Å².